The van der Waals surface area contributed by atoms with Crippen molar-refractivity contribution in [2.75, 3.05) is 0 Å². The highest BCUT2D eigenvalue weighted by Crippen LogP contribution is 2.31. The number of hydrogen-bond donors (Lipinski definition) is 1. The number of nitrogens with one attached hydrogen (secondary N) is 1. The van der Waals surface area contributed by atoms with Crippen molar-refractivity contribution in [2.45, 2.75) is 12.8 Å². The molecule has 3 rings (SSSR count). The minimum atomic E-state index is -4.36. The van der Waals surface area contributed by atoms with Gasteiger partial charge in [0.1, 0.15) is 12.4 Å². The third kappa shape index (κ3) is 3.54. The van der Waals surface area contributed by atoms with Crippen molar-refractivity contribution in [3.63, 3.8) is 0 Å². The Morgan fingerprint density at radius 2 is 1.75 bits per heavy atom. The number of hydrogen-bond acceptors (Lipinski definition) is 2. The van der Waals surface area contributed by atoms with Crippen LogP contribution in [0.3, 0.4) is 0 Å². The summed E-state index contributed by atoms with van der Waals surface area (Å²) < 4.78 is 43.6. The third-order valence-corrected chi connectivity index (χ3v) is 3.75. The van der Waals surface area contributed by atoms with Crippen LogP contribution < -0.4 is 4.74 Å². The van der Waals surface area contributed by atoms with Crippen molar-refractivity contribution in [2.24, 2.45) is 0 Å². The zero-order valence-corrected chi connectivity index (χ0v) is 13.0. The number of alkyl halides is 3. The number of ether oxygens (including phenoxy) is 1. The first-order valence-electron chi connectivity index (χ1n) is 7.02. The van der Waals surface area contributed by atoms with Gasteiger partial charge in [-0.3, -0.25) is 5.10 Å². The van der Waals surface area contributed by atoms with Gasteiger partial charge in [0.15, 0.2) is 0 Å². The van der Waals surface area contributed by atoms with Crippen LogP contribution in [0.15, 0.2) is 54.7 Å². The summed E-state index contributed by atoms with van der Waals surface area (Å²) in [5.41, 5.74) is 1.23. The van der Waals surface area contributed by atoms with Crippen molar-refractivity contribution in [1.82, 2.24) is 10.2 Å². The molecule has 24 heavy (non-hydrogen) atoms. The second-order valence-corrected chi connectivity index (χ2v) is 5.47. The lowest BCUT2D eigenvalue weighted by Crippen LogP contribution is -2.04. The van der Waals surface area contributed by atoms with Crippen molar-refractivity contribution in [3.8, 4) is 17.0 Å². The van der Waals surface area contributed by atoms with Crippen LogP contribution in [0.4, 0.5) is 13.2 Å². The van der Waals surface area contributed by atoms with E-state index in [0.29, 0.717) is 22.0 Å². The lowest BCUT2D eigenvalue weighted by molar-refractivity contribution is -0.137. The fourth-order valence-electron chi connectivity index (χ4n) is 2.21. The Hall–Kier alpha value is -2.47. The largest absolute Gasteiger partial charge is 0.487 e. The summed E-state index contributed by atoms with van der Waals surface area (Å²) in [4.78, 5) is 0. The van der Waals surface area contributed by atoms with E-state index in [1.54, 1.807) is 30.5 Å². The quantitative estimate of drug-likeness (QED) is 0.689. The predicted octanol–water partition coefficient (Wildman–Crippen LogP) is 5.33. The Kier molecular flexibility index (Phi) is 4.49. The molecular weight excluding hydrogens is 341 g/mol. The van der Waals surface area contributed by atoms with Crippen LogP contribution in [0.5, 0.6) is 5.75 Å². The number of rotatable bonds is 4. The monoisotopic (exact) mass is 352 g/mol. The van der Waals surface area contributed by atoms with E-state index in [9.17, 15) is 13.2 Å². The van der Waals surface area contributed by atoms with E-state index in [-0.39, 0.29) is 6.61 Å². The van der Waals surface area contributed by atoms with E-state index in [2.05, 4.69) is 10.2 Å². The summed E-state index contributed by atoms with van der Waals surface area (Å²) in [5, 5.41) is 7.21. The number of halogens is 4. The number of aromatic nitrogens is 2. The van der Waals surface area contributed by atoms with Gasteiger partial charge in [-0.15, -0.1) is 0 Å². The number of para-hydroxylation sites is 1. The molecule has 0 bridgehead atoms. The third-order valence-electron chi connectivity index (χ3n) is 3.44. The molecule has 0 saturated carbocycles. The van der Waals surface area contributed by atoms with Gasteiger partial charge in [-0.25, -0.2) is 0 Å². The summed E-state index contributed by atoms with van der Waals surface area (Å²) in [7, 11) is 0. The molecule has 0 aliphatic rings. The normalized spacial score (nSPS) is 11.5. The second kappa shape index (κ2) is 6.57. The van der Waals surface area contributed by atoms with Gasteiger partial charge in [-0.2, -0.15) is 18.3 Å². The zero-order valence-electron chi connectivity index (χ0n) is 12.3. The lowest BCUT2D eigenvalue weighted by Gasteiger charge is -2.09. The maximum Gasteiger partial charge on any atom is 0.416 e. The molecule has 124 valence electrons. The first kappa shape index (κ1) is 16.4. The molecule has 0 aliphatic carbocycles. The van der Waals surface area contributed by atoms with Crippen LogP contribution in [0.25, 0.3) is 11.3 Å². The van der Waals surface area contributed by atoms with Crippen LogP contribution >= 0.6 is 11.6 Å². The van der Waals surface area contributed by atoms with Gasteiger partial charge < -0.3 is 4.74 Å². The highest BCUT2D eigenvalue weighted by molar-refractivity contribution is 6.32. The number of H-pyrrole nitrogens is 1. The van der Waals surface area contributed by atoms with Crippen LogP contribution in [-0.4, -0.2) is 10.2 Å². The lowest BCUT2D eigenvalue weighted by atomic mass is 10.1. The SMILES string of the molecule is FC(F)(F)c1ccc(-c2[nH]ncc2COc2ccccc2Cl)cc1. The van der Waals surface area contributed by atoms with E-state index in [0.717, 1.165) is 17.7 Å². The number of nitrogens with zero attached hydrogens (tertiary/aromatic N) is 1. The highest BCUT2D eigenvalue weighted by Gasteiger charge is 2.30. The molecule has 0 saturated heterocycles. The van der Waals surface area contributed by atoms with E-state index in [4.69, 9.17) is 16.3 Å². The Morgan fingerprint density at radius 3 is 2.42 bits per heavy atom. The maximum absolute atomic E-state index is 12.6. The molecule has 2 aromatic carbocycles. The van der Waals surface area contributed by atoms with Crippen LogP contribution in [0.1, 0.15) is 11.1 Å². The van der Waals surface area contributed by atoms with Crippen LogP contribution in [0.2, 0.25) is 5.02 Å². The minimum absolute atomic E-state index is 0.191. The molecule has 3 nitrogen and oxygen atoms in total. The molecule has 0 spiro atoms. The predicted molar refractivity (Wildman–Crippen MR) is 84.8 cm³/mol. The second-order valence-electron chi connectivity index (χ2n) is 5.06. The van der Waals surface area contributed by atoms with Crippen molar-refractivity contribution in [1.29, 1.82) is 0 Å². The van der Waals surface area contributed by atoms with E-state index in [1.807, 2.05) is 0 Å². The first-order valence-corrected chi connectivity index (χ1v) is 7.40. The van der Waals surface area contributed by atoms with Gasteiger partial charge >= 0.3 is 6.18 Å². The van der Waals surface area contributed by atoms with Gasteiger partial charge in [-0.1, -0.05) is 35.9 Å². The fourth-order valence-corrected chi connectivity index (χ4v) is 2.40. The Morgan fingerprint density at radius 1 is 1.04 bits per heavy atom. The number of benzene rings is 2. The average Bonchev–Trinajstić information content (AvgIpc) is 3.02. The molecule has 7 heteroatoms. The molecule has 3 aromatic rings. The number of aromatic amines is 1. The van der Waals surface area contributed by atoms with Crippen LogP contribution in [-0.2, 0) is 12.8 Å². The van der Waals surface area contributed by atoms with Gasteiger partial charge in [0.05, 0.1) is 22.5 Å². The molecule has 0 amide bonds. The van der Waals surface area contributed by atoms with Gasteiger partial charge in [0, 0.05) is 5.56 Å². The van der Waals surface area contributed by atoms with Crippen molar-refractivity contribution >= 4 is 11.6 Å². The Labute approximate surface area is 141 Å². The Balaban J connectivity index is 1.79. The fraction of sp³-hybridized carbons (Fsp3) is 0.118. The summed E-state index contributed by atoms with van der Waals surface area (Å²) in [6.45, 7) is 0.191. The smallest absolute Gasteiger partial charge is 0.416 e. The highest BCUT2D eigenvalue weighted by atomic mass is 35.5. The summed E-state index contributed by atoms with van der Waals surface area (Å²) in [5.74, 6) is 0.527. The van der Waals surface area contributed by atoms with Gasteiger partial charge in [0.25, 0.3) is 0 Å². The van der Waals surface area contributed by atoms with E-state index in [1.165, 1.54) is 12.1 Å². The van der Waals surface area contributed by atoms with Crippen molar-refractivity contribution in [3.05, 3.63) is 70.9 Å². The molecule has 1 N–H and O–H groups in total. The zero-order chi connectivity index (χ0) is 17.2. The van der Waals surface area contributed by atoms with Gasteiger partial charge in [-0.05, 0) is 29.8 Å². The molecule has 0 atom stereocenters. The molecule has 0 aliphatic heterocycles. The van der Waals surface area contributed by atoms with E-state index >= 15 is 0 Å². The summed E-state index contributed by atoms with van der Waals surface area (Å²) in [6.07, 6.45) is -2.79. The molecular formula is C17H12ClF3N2O. The Bertz CT molecular complexity index is 828. The van der Waals surface area contributed by atoms with Gasteiger partial charge in [0.2, 0.25) is 0 Å². The molecule has 0 fully saturated rings. The summed E-state index contributed by atoms with van der Waals surface area (Å²) in [6, 6.07) is 11.9. The average molecular weight is 353 g/mol. The summed E-state index contributed by atoms with van der Waals surface area (Å²) >= 11 is 6.03. The van der Waals surface area contributed by atoms with Crippen LogP contribution in [0, 0.1) is 0 Å². The standard InChI is InChI=1S/C17H12ClF3N2O/c18-14-3-1-2-4-15(14)24-10-12-9-22-23-16(12)11-5-7-13(8-6-11)17(19,20)21/h1-9H,10H2,(H,22,23). The topological polar surface area (TPSA) is 37.9 Å². The minimum Gasteiger partial charge on any atom is -0.487 e. The molecule has 1 heterocycles. The molecule has 0 unspecified atom stereocenters. The van der Waals surface area contributed by atoms with Crippen molar-refractivity contribution < 1.29 is 17.9 Å². The molecule has 1 aromatic heterocycles. The first-order chi connectivity index (χ1) is 11.4. The van der Waals surface area contributed by atoms with E-state index < -0.39 is 11.7 Å². The molecule has 0 radical (unpaired) electrons. The maximum atomic E-state index is 12.6.